The Kier molecular flexibility index (Phi) is 4.12. The largest absolute Gasteiger partial charge is 0.369 e. The third-order valence-electron chi connectivity index (χ3n) is 2.78. The minimum Gasteiger partial charge on any atom is -0.369 e. The molecule has 0 aliphatic rings. The first-order chi connectivity index (χ1) is 9.61. The van der Waals surface area contributed by atoms with E-state index in [2.05, 4.69) is 28.3 Å². The lowest BCUT2D eigenvalue weighted by Gasteiger charge is -2.06. The highest BCUT2D eigenvalue weighted by Gasteiger charge is 2.09. The predicted molar refractivity (Wildman–Crippen MR) is 88.7 cm³/mol. The SMILES string of the molecule is Cc1cc2c(NCCc3ccc(Cl)s3)nc(Cl)nc2s1. The van der Waals surface area contributed by atoms with E-state index in [1.165, 1.54) is 9.75 Å². The van der Waals surface area contributed by atoms with Crippen molar-refractivity contribution in [2.24, 2.45) is 0 Å². The van der Waals surface area contributed by atoms with Crippen molar-refractivity contribution >= 4 is 61.9 Å². The maximum absolute atomic E-state index is 5.96. The monoisotopic (exact) mass is 343 g/mol. The standard InChI is InChI=1S/C13H11Cl2N3S2/c1-7-6-9-11(17-13(15)18-12(9)19-7)16-5-4-8-2-3-10(14)20-8/h2-3,6H,4-5H2,1H3,(H,16,17,18). The zero-order valence-corrected chi connectivity index (χ0v) is 13.8. The van der Waals surface area contributed by atoms with Crippen LogP contribution in [-0.2, 0) is 6.42 Å². The van der Waals surface area contributed by atoms with E-state index in [0.717, 1.165) is 33.3 Å². The highest BCUT2D eigenvalue weighted by molar-refractivity contribution is 7.18. The van der Waals surface area contributed by atoms with Gasteiger partial charge in [-0.1, -0.05) is 11.6 Å². The summed E-state index contributed by atoms with van der Waals surface area (Å²) in [5.41, 5.74) is 0. The number of halogens is 2. The molecule has 3 aromatic heterocycles. The summed E-state index contributed by atoms with van der Waals surface area (Å²) in [6, 6.07) is 6.05. The zero-order valence-electron chi connectivity index (χ0n) is 10.6. The van der Waals surface area contributed by atoms with Gasteiger partial charge in [-0.05, 0) is 43.1 Å². The van der Waals surface area contributed by atoms with Crippen LogP contribution in [0, 0.1) is 6.92 Å². The van der Waals surface area contributed by atoms with Crippen molar-refractivity contribution in [2.75, 3.05) is 11.9 Å². The molecule has 0 aliphatic heterocycles. The van der Waals surface area contributed by atoms with Gasteiger partial charge in [0.25, 0.3) is 0 Å². The smallest absolute Gasteiger partial charge is 0.225 e. The molecule has 0 saturated heterocycles. The highest BCUT2D eigenvalue weighted by Crippen LogP contribution is 2.29. The van der Waals surface area contributed by atoms with Crippen LogP contribution in [0.1, 0.15) is 9.75 Å². The molecular weight excluding hydrogens is 333 g/mol. The quantitative estimate of drug-likeness (QED) is 0.675. The molecule has 7 heteroatoms. The second-order valence-corrected chi connectivity index (χ2v) is 7.67. The summed E-state index contributed by atoms with van der Waals surface area (Å²) in [5.74, 6) is 0.798. The number of nitrogens with one attached hydrogen (secondary N) is 1. The fraction of sp³-hybridized carbons (Fsp3) is 0.231. The minimum atomic E-state index is 0.279. The van der Waals surface area contributed by atoms with Gasteiger partial charge < -0.3 is 5.32 Å². The summed E-state index contributed by atoms with van der Waals surface area (Å²) < 4.78 is 0.820. The van der Waals surface area contributed by atoms with Gasteiger partial charge in [-0.25, -0.2) is 9.97 Å². The van der Waals surface area contributed by atoms with Gasteiger partial charge in [0.05, 0.1) is 9.72 Å². The van der Waals surface area contributed by atoms with Gasteiger partial charge in [-0.15, -0.1) is 22.7 Å². The minimum absolute atomic E-state index is 0.279. The summed E-state index contributed by atoms with van der Waals surface area (Å²) in [6.45, 7) is 2.84. The number of anilines is 1. The first kappa shape index (κ1) is 14.1. The average Bonchev–Trinajstić information content (AvgIpc) is 2.94. The summed E-state index contributed by atoms with van der Waals surface area (Å²) >= 11 is 15.1. The maximum atomic E-state index is 5.96. The van der Waals surface area contributed by atoms with E-state index >= 15 is 0 Å². The molecule has 0 saturated carbocycles. The molecule has 20 heavy (non-hydrogen) atoms. The van der Waals surface area contributed by atoms with Gasteiger partial charge in [0, 0.05) is 16.3 Å². The Morgan fingerprint density at radius 1 is 1.20 bits per heavy atom. The topological polar surface area (TPSA) is 37.8 Å². The number of aryl methyl sites for hydroxylation is 1. The predicted octanol–water partition coefficient (Wildman–Crippen LogP) is 5.02. The Morgan fingerprint density at radius 3 is 2.80 bits per heavy atom. The van der Waals surface area contributed by atoms with Crippen LogP contribution in [0.2, 0.25) is 9.62 Å². The van der Waals surface area contributed by atoms with E-state index < -0.39 is 0 Å². The molecule has 0 spiro atoms. The fourth-order valence-corrected chi connectivity index (χ4v) is 4.13. The van der Waals surface area contributed by atoms with Gasteiger partial charge in [0.2, 0.25) is 5.28 Å². The van der Waals surface area contributed by atoms with E-state index in [4.69, 9.17) is 23.2 Å². The molecule has 3 aromatic rings. The molecule has 3 heterocycles. The van der Waals surface area contributed by atoms with Gasteiger partial charge in [0.1, 0.15) is 10.6 Å². The van der Waals surface area contributed by atoms with Crippen LogP contribution in [0.25, 0.3) is 10.2 Å². The number of thiophene rings is 2. The molecule has 3 rings (SSSR count). The molecule has 0 amide bonds. The molecule has 1 N–H and O–H groups in total. The number of hydrogen-bond donors (Lipinski definition) is 1. The lowest BCUT2D eigenvalue weighted by atomic mass is 10.3. The molecule has 0 bridgehead atoms. The molecule has 0 radical (unpaired) electrons. The van der Waals surface area contributed by atoms with Gasteiger partial charge >= 0.3 is 0 Å². The van der Waals surface area contributed by atoms with E-state index in [9.17, 15) is 0 Å². The van der Waals surface area contributed by atoms with Crippen molar-refractivity contribution in [1.82, 2.24) is 9.97 Å². The van der Waals surface area contributed by atoms with E-state index in [-0.39, 0.29) is 5.28 Å². The summed E-state index contributed by atoms with van der Waals surface area (Å²) in [4.78, 5) is 11.9. The molecule has 0 atom stereocenters. The van der Waals surface area contributed by atoms with Crippen LogP contribution < -0.4 is 5.32 Å². The van der Waals surface area contributed by atoms with E-state index in [0.29, 0.717) is 0 Å². The third-order valence-corrected chi connectivity index (χ3v) is 5.19. The molecular formula is C13H11Cl2N3S2. The van der Waals surface area contributed by atoms with E-state index in [1.807, 2.05) is 12.1 Å². The van der Waals surface area contributed by atoms with Gasteiger partial charge in [-0.2, -0.15) is 0 Å². The van der Waals surface area contributed by atoms with Gasteiger partial charge in [-0.3, -0.25) is 0 Å². The summed E-state index contributed by atoms with van der Waals surface area (Å²) in [7, 11) is 0. The Balaban J connectivity index is 1.76. The molecule has 3 nitrogen and oxygen atoms in total. The van der Waals surface area contributed by atoms with E-state index in [1.54, 1.807) is 22.7 Å². The second-order valence-electron chi connectivity index (χ2n) is 4.30. The van der Waals surface area contributed by atoms with Crippen molar-refractivity contribution in [3.63, 3.8) is 0 Å². The molecule has 0 unspecified atom stereocenters. The Bertz CT molecular complexity index is 751. The number of aromatic nitrogens is 2. The van der Waals surface area contributed by atoms with Crippen molar-refractivity contribution in [3.8, 4) is 0 Å². The number of fused-ring (bicyclic) bond motifs is 1. The lowest BCUT2D eigenvalue weighted by Crippen LogP contribution is -2.06. The number of nitrogens with zero attached hydrogens (tertiary/aromatic N) is 2. The summed E-state index contributed by atoms with van der Waals surface area (Å²) in [5, 5.41) is 4.64. The average molecular weight is 344 g/mol. The van der Waals surface area contributed by atoms with Crippen molar-refractivity contribution < 1.29 is 0 Å². The Labute approximate surface area is 134 Å². The van der Waals surface area contributed by atoms with Gasteiger partial charge in [0.15, 0.2) is 0 Å². The molecule has 0 aliphatic carbocycles. The molecule has 0 aromatic carbocycles. The number of rotatable bonds is 4. The lowest BCUT2D eigenvalue weighted by molar-refractivity contribution is 1.03. The van der Waals surface area contributed by atoms with Crippen LogP contribution in [0.15, 0.2) is 18.2 Å². The van der Waals surface area contributed by atoms with Crippen LogP contribution in [0.5, 0.6) is 0 Å². The Hall–Kier alpha value is -0.880. The molecule has 0 fully saturated rings. The first-order valence-corrected chi connectivity index (χ1v) is 8.42. The van der Waals surface area contributed by atoms with Crippen LogP contribution in [0.3, 0.4) is 0 Å². The third kappa shape index (κ3) is 3.06. The van der Waals surface area contributed by atoms with Crippen LogP contribution in [0.4, 0.5) is 5.82 Å². The summed E-state index contributed by atoms with van der Waals surface area (Å²) in [6.07, 6.45) is 0.906. The normalized spacial score (nSPS) is 11.2. The zero-order chi connectivity index (χ0) is 14.1. The highest BCUT2D eigenvalue weighted by atomic mass is 35.5. The Morgan fingerprint density at radius 2 is 2.05 bits per heavy atom. The maximum Gasteiger partial charge on any atom is 0.225 e. The fourth-order valence-electron chi connectivity index (χ4n) is 1.94. The van der Waals surface area contributed by atoms with Crippen molar-refractivity contribution in [3.05, 3.63) is 37.6 Å². The second kappa shape index (κ2) is 5.85. The van der Waals surface area contributed by atoms with Crippen molar-refractivity contribution in [1.29, 1.82) is 0 Å². The van der Waals surface area contributed by atoms with Crippen LogP contribution >= 0.6 is 45.9 Å². The van der Waals surface area contributed by atoms with Crippen molar-refractivity contribution in [2.45, 2.75) is 13.3 Å². The molecule has 104 valence electrons. The number of hydrogen-bond acceptors (Lipinski definition) is 5. The first-order valence-electron chi connectivity index (χ1n) is 6.03. The van der Waals surface area contributed by atoms with Crippen LogP contribution in [-0.4, -0.2) is 16.5 Å².